The highest BCUT2D eigenvalue weighted by Gasteiger charge is 2.38. The largest absolute Gasteiger partial charge is 0.435 e. The molecule has 14 nitrogen and oxygen atoms in total. The fourth-order valence-corrected chi connectivity index (χ4v) is 6.80. The van der Waals surface area contributed by atoms with E-state index in [2.05, 4.69) is 9.82 Å². The Kier molecular flexibility index (Phi) is 8.04. The molecule has 1 saturated heterocycles. The maximum absolute atomic E-state index is 13.6. The minimum Gasteiger partial charge on any atom is -0.343 e. The Morgan fingerprint density at radius 2 is 1.66 bits per heavy atom. The summed E-state index contributed by atoms with van der Waals surface area (Å²) >= 11 is 0. The van der Waals surface area contributed by atoms with Gasteiger partial charge in [-0.3, -0.25) is 19.4 Å². The van der Waals surface area contributed by atoms with Crippen LogP contribution < -0.4 is 14.6 Å². The third kappa shape index (κ3) is 6.24. The van der Waals surface area contributed by atoms with Crippen molar-refractivity contribution < 1.29 is 45.4 Å². The number of carbonyl (C=O) groups is 3. The topological polar surface area (TPSA) is 154 Å². The van der Waals surface area contributed by atoms with Crippen LogP contribution in [0.4, 0.5) is 13.2 Å². The van der Waals surface area contributed by atoms with Gasteiger partial charge in [0.2, 0.25) is 12.6 Å². The van der Waals surface area contributed by atoms with E-state index >= 15 is 0 Å². The normalized spacial score (nSPS) is 16.6. The average Bonchev–Trinajstić information content (AvgIpc) is 3.65. The van der Waals surface area contributed by atoms with Crippen LogP contribution >= 0.6 is 0 Å². The number of alkyl halides is 3. The fraction of sp³-hybridized carbons (Fsp3) is 0.250. The van der Waals surface area contributed by atoms with Crippen LogP contribution in [0.3, 0.4) is 0 Å². The van der Waals surface area contributed by atoms with Gasteiger partial charge in [-0.2, -0.15) is 22.9 Å². The van der Waals surface area contributed by atoms with E-state index in [-0.39, 0.29) is 33.9 Å². The van der Waals surface area contributed by atoms with E-state index in [0.29, 0.717) is 24.9 Å². The molecule has 0 radical (unpaired) electrons. The van der Waals surface area contributed by atoms with E-state index < -0.39 is 52.3 Å². The molecule has 260 valence electrons. The van der Waals surface area contributed by atoms with Crippen LogP contribution in [-0.4, -0.2) is 70.6 Å². The number of nitrogens with zero attached hydrogens (tertiary/aromatic N) is 6. The second-order valence-corrected chi connectivity index (χ2v) is 13.5. The number of hydrogen-bond acceptors (Lipinski definition) is 9. The number of aromatic nitrogens is 4. The lowest BCUT2D eigenvalue weighted by molar-refractivity contribution is -0.141. The number of fused-ring (bicyclic) bond motifs is 1. The van der Waals surface area contributed by atoms with Crippen LogP contribution in [0.15, 0.2) is 88.4 Å². The summed E-state index contributed by atoms with van der Waals surface area (Å²) in [6.45, 7) is 1.93. The summed E-state index contributed by atoms with van der Waals surface area (Å²) in [6, 6.07) is 19.1. The van der Waals surface area contributed by atoms with Gasteiger partial charge < -0.3 is 4.84 Å². The summed E-state index contributed by atoms with van der Waals surface area (Å²) in [5, 5.41) is 6.27. The number of amides is 3. The Labute approximate surface area is 282 Å². The van der Waals surface area contributed by atoms with Crippen LogP contribution in [0.1, 0.15) is 44.8 Å². The van der Waals surface area contributed by atoms with Gasteiger partial charge in [-0.25, -0.2) is 22.7 Å². The quantitative estimate of drug-likeness (QED) is 0.226. The zero-order chi connectivity index (χ0) is 35.4. The first-order valence-electron chi connectivity index (χ1n) is 15.3. The van der Waals surface area contributed by atoms with Gasteiger partial charge in [0.15, 0.2) is 5.69 Å². The molecule has 1 unspecified atom stereocenters. The molecular weight excluding hydrogens is 683 g/mol. The van der Waals surface area contributed by atoms with Crippen LogP contribution in [0.2, 0.25) is 0 Å². The molecular formula is C32H28F3N7O7S. The highest BCUT2D eigenvalue weighted by atomic mass is 32.2. The predicted octanol–water partition coefficient (Wildman–Crippen LogP) is 3.60. The van der Waals surface area contributed by atoms with E-state index in [1.54, 1.807) is 53.5 Å². The molecule has 0 bridgehead atoms. The monoisotopic (exact) mass is 711 g/mol. The number of benzene rings is 3. The number of imide groups is 1. The Morgan fingerprint density at radius 1 is 1.00 bits per heavy atom. The molecule has 7 rings (SSSR count). The first kappa shape index (κ1) is 32.8. The minimum absolute atomic E-state index is 0.0653. The number of aryl methyl sites for hydroxylation is 1. The van der Waals surface area contributed by atoms with Crippen molar-refractivity contribution in [1.29, 1.82) is 0 Å². The molecule has 3 amide bonds. The minimum atomic E-state index is -4.71. The SMILES string of the molecule is Cc1ccc(-c2cc(C(F)(F)F)nn2-c2ccc(S(=O)(=O)NC(=O)C3CCCN(n4on4OCN4C(=O)c5ccccc5C4=O)C3)cc2)cc1. The van der Waals surface area contributed by atoms with Crippen molar-refractivity contribution in [2.75, 3.05) is 24.8 Å². The van der Waals surface area contributed by atoms with Crippen LogP contribution in [-0.2, 0) is 21.0 Å². The van der Waals surface area contributed by atoms with Gasteiger partial charge >= 0.3 is 6.18 Å². The number of halogens is 3. The van der Waals surface area contributed by atoms with Gasteiger partial charge in [0, 0.05) is 17.1 Å². The molecule has 2 aromatic heterocycles. The number of nitrogens with one attached hydrogen (secondary N) is 1. The summed E-state index contributed by atoms with van der Waals surface area (Å²) in [5.41, 5.74) is 1.16. The molecule has 18 heteroatoms. The number of sulfonamides is 1. The van der Waals surface area contributed by atoms with E-state index in [1.165, 1.54) is 29.2 Å². The second-order valence-electron chi connectivity index (χ2n) is 11.8. The summed E-state index contributed by atoms with van der Waals surface area (Å²) in [4.78, 5) is 45.5. The van der Waals surface area contributed by atoms with E-state index in [4.69, 9.17) is 9.47 Å². The molecule has 0 aliphatic carbocycles. The van der Waals surface area contributed by atoms with Crippen molar-refractivity contribution in [3.63, 3.8) is 0 Å². The smallest absolute Gasteiger partial charge is 0.343 e. The molecule has 3 aromatic carbocycles. The molecule has 4 heterocycles. The van der Waals surface area contributed by atoms with Gasteiger partial charge in [0.1, 0.15) is 5.02 Å². The van der Waals surface area contributed by atoms with Crippen molar-refractivity contribution >= 4 is 27.7 Å². The average molecular weight is 712 g/mol. The highest BCUT2D eigenvalue weighted by Crippen LogP contribution is 2.33. The second kappa shape index (κ2) is 12.3. The predicted molar refractivity (Wildman–Crippen MR) is 168 cm³/mol. The zero-order valence-electron chi connectivity index (χ0n) is 26.2. The molecule has 1 N–H and O–H groups in total. The lowest BCUT2D eigenvalue weighted by Gasteiger charge is -2.28. The van der Waals surface area contributed by atoms with E-state index in [0.717, 1.165) is 26.2 Å². The lowest BCUT2D eigenvalue weighted by Crippen LogP contribution is -2.48. The lowest BCUT2D eigenvalue weighted by atomic mass is 9.99. The van der Waals surface area contributed by atoms with Gasteiger partial charge in [-0.05, 0) is 62.2 Å². The van der Waals surface area contributed by atoms with Crippen molar-refractivity contribution in [2.24, 2.45) is 5.92 Å². The molecule has 0 spiro atoms. The first-order valence-corrected chi connectivity index (χ1v) is 16.8. The number of hydrogen-bond donors (Lipinski definition) is 1. The van der Waals surface area contributed by atoms with Crippen molar-refractivity contribution in [2.45, 2.75) is 30.8 Å². The number of piperidine rings is 1. The molecule has 50 heavy (non-hydrogen) atoms. The Hall–Kier alpha value is -5.78. The molecule has 1 fully saturated rings. The van der Waals surface area contributed by atoms with E-state index in [9.17, 15) is 36.0 Å². The first-order chi connectivity index (χ1) is 23.8. The zero-order valence-corrected chi connectivity index (χ0v) is 27.0. The standard InChI is InChI=1S/C32H28F3N7O7S/c1-20-8-10-21(11-9-20)27-17-28(32(33,34)35)36-40(27)23-12-14-24(15-13-23)50(46,47)37-29(43)22-5-4-16-38(18-22)41-42(49-41)48-19-39-30(44)25-6-2-3-7-26(25)31(39)45/h2-3,6-15,17,22H,4-5,16,18-19H2,1H3,(H,37,43). The van der Waals surface area contributed by atoms with E-state index in [1.807, 2.05) is 6.92 Å². The van der Waals surface area contributed by atoms with Crippen molar-refractivity contribution in [3.8, 4) is 16.9 Å². The molecule has 2 aliphatic rings. The summed E-state index contributed by atoms with van der Waals surface area (Å²) in [5.74, 6) is -2.54. The Balaban J connectivity index is 0.990. The highest BCUT2D eigenvalue weighted by molar-refractivity contribution is 7.90. The maximum Gasteiger partial charge on any atom is 0.435 e. The molecule has 1 atom stereocenters. The van der Waals surface area contributed by atoms with Crippen molar-refractivity contribution in [1.82, 2.24) is 29.4 Å². The third-order valence-corrected chi connectivity index (χ3v) is 9.78. The molecule has 5 aromatic rings. The van der Waals surface area contributed by atoms with Crippen LogP contribution in [0.25, 0.3) is 16.9 Å². The van der Waals surface area contributed by atoms with Gasteiger partial charge in [-0.1, -0.05) is 42.0 Å². The molecule has 0 saturated carbocycles. The molecule has 2 aliphatic heterocycles. The maximum atomic E-state index is 13.6. The number of carbonyl (C=O) groups excluding carboxylic acids is 3. The van der Waals surface area contributed by atoms with Crippen LogP contribution in [0, 0.1) is 12.8 Å². The van der Waals surface area contributed by atoms with Crippen LogP contribution in [0.5, 0.6) is 0 Å². The Morgan fingerprint density at radius 3 is 2.30 bits per heavy atom. The number of rotatable bonds is 9. The Bertz CT molecular complexity index is 2160. The summed E-state index contributed by atoms with van der Waals surface area (Å²) in [7, 11) is -4.35. The van der Waals surface area contributed by atoms with Gasteiger partial charge in [0.25, 0.3) is 21.8 Å². The third-order valence-electron chi connectivity index (χ3n) is 8.42. The summed E-state index contributed by atoms with van der Waals surface area (Å²) in [6.07, 6.45) is -3.82. The van der Waals surface area contributed by atoms with Gasteiger partial charge in [0.05, 0.1) is 39.9 Å². The summed E-state index contributed by atoms with van der Waals surface area (Å²) < 4.78 is 75.5. The van der Waals surface area contributed by atoms with Gasteiger partial charge in [-0.15, -0.1) is 0 Å². The fourth-order valence-electron chi connectivity index (χ4n) is 5.75. The van der Waals surface area contributed by atoms with Crippen molar-refractivity contribution in [3.05, 3.63) is 101 Å².